The van der Waals surface area contributed by atoms with Crippen LogP contribution in [0.5, 0.6) is 0 Å². The lowest BCUT2D eigenvalue weighted by atomic mass is 9.72. The van der Waals surface area contributed by atoms with Gasteiger partial charge < -0.3 is 10.3 Å². The van der Waals surface area contributed by atoms with Gasteiger partial charge in [0.2, 0.25) is 5.82 Å². The summed E-state index contributed by atoms with van der Waals surface area (Å²) in [4.78, 5) is 6.92. The number of fused-ring (bicyclic) bond motifs is 1. The molecule has 0 bridgehead atoms. The molecular formula is C19H18F6N4. The maximum atomic E-state index is 14.2. The Bertz CT molecular complexity index is 992. The lowest BCUT2D eigenvalue weighted by Gasteiger charge is -2.39. The molecule has 156 valence electrons. The zero-order chi connectivity index (χ0) is 20.9. The molecule has 2 aromatic rings. The summed E-state index contributed by atoms with van der Waals surface area (Å²) in [5.41, 5.74) is 6.41. The van der Waals surface area contributed by atoms with Crippen LogP contribution in [0.1, 0.15) is 37.5 Å². The Morgan fingerprint density at radius 2 is 1.86 bits per heavy atom. The average molecular weight is 416 g/mol. The highest BCUT2D eigenvalue weighted by molar-refractivity contribution is 5.77. The first-order valence-electron chi connectivity index (χ1n) is 9.21. The minimum Gasteiger partial charge on any atom is -0.348 e. The Morgan fingerprint density at radius 1 is 1.10 bits per heavy atom. The Balaban J connectivity index is 1.51. The van der Waals surface area contributed by atoms with Crippen LogP contribution in [0.25, 0.3) is 10.9 Å². The molecule has 4 rings (SSSR count). The number of hydrogen-bond donors (Lipinski definition) is 1. The molecule has 3 unspecified atom stereocenters. The number of allylic oxidation sites excluding steroid dienone is 4. The van der Waals surface area contributed by atoms with E-state index in [1.165, 1.54) is 6.20 Å². The fourth-order valence-corrected chi connectivity index (χ4v) is 4.32. The summed E-state index contributed by atoms with van der Waals surface area (Å²) in [6.07, 6.45) is 1.41. The highest BCUT2D eigenvalue weighted by Gasteiger charge is 2.39. The Morgan fingerprint density at radius 3 is 2.55 bits per heavy atom. The van der Waals surface area contributed by atoms with Crippen LogP contribution in [0.3, 0.4) is 0 Å². The van der Waals surface area contributed by atoms with Gasteiger partial charge in [-0.25, -0.2) is 23.1 Å². The number of alkyl halides is 3. The van der Waals surface area contributed by atoms with Crippen molar-refractivity contribution in [2.75, 3.05) is 0 Å². The molecule has 0 amide bonds. The van der Waals surface area contributed by atoms with Crippen molar-refractivity contribution in [2.45, 2.75) is 43.9 Å². The molecular weight excluding hydrogens is 398 g/mol. The van der Waals surface area contributed by atoms with E-state index in [2.05, 4.69) is 9.97 Å². The molecule has 0 aliphatic heterocycles. The molecule has 2 aromatic heterocycles. The van der Waals surface area contributed by atoms with E-state index in [0.29, 0.717) is 30.7 Å². The molecule has 0 radical (unpaired) electrons. The molecule has 2 aliphatic carbocycles. The van der Waals surface area contributed by atoms with Crippen molar-refractivity contribution in [3.05, 3.63) is 48.0 Å². The van der Waals surface area contributed by atoms with Gasteiger partial charge in [0.15, 0.2) is 5.83 Å². The summed E-state index contributed by atoms with van der Waals surface area (Å²) in [5.74, 6) is -5.20. The summed E-state index contributed by atoms with van der Waals surface area (Å²) in [5, 5.41) is 0.470. The third-order valence-electron chi connectivity index (χ3n) is 5.80. The lowest BCUT2D eigenvalue weighted by Crippen LogP contribution is -2.41. The predicted octanol–water partition coefficient (Wildman–Crippen LogP) is 5.14. The van der Waals surface area contributed by atoms with Crippen molar-refractivity contribution >= 4 is 10.9 Å². The van der Waals surface area contributed by atoms with Crippen molar-refractivity contribution in [1.29, 1.82) is 0 Å². The van der Waals surface area contributed by atoms with E-state index in [4.69, 9.17) is 5.73 Å². The van der Waals surface area contributed by atoms with Crippen molar-refractivity contribution in [2.24, 2.45) is 17.6 Å². The first-order valence-corrected chi connectivity index (χ1v) is 9.21. The van der Waals surface area contributed by atoms with E-state index < -0.39 is 41.4 Å². The highest BCUT2D eigenvalue weighted by atomic mass is 19.4. The first-order chi connectivity index (χ1) is 13.6. The van der Waals surface area contributed by atoms with E-state index in [1.807, 2.05) is 0 Å². The molecule has 1 saturated carbocycles. The van der Waals surface area contributed by atoms with Gasteiger partial charge in [-0.15, -0.1) is 0 Å². The number of halogens is 6. The molecule has 4 atom stereocenters. The second-order valence-electron chi connectivity index (χ2n) is 7.62. The van der Waals surface area contributed by atoms with Gasteiger partial charge in [0.1, 0.15) is 11.7 Å². The normalized spacial score (nSPS) is 28.7. The van der Waals surface area contributed by atoms with Gasteiger partial charge in [-0.2, -0.15) is 13.2 Å². The summed E-state index contributed by atoms with van der Waals surface area (Å²) in [6.45, 7) is 0. The second-order valence-corrected chi connectivity index (χ2v) is 7.62. The largest absolute Gasteiger partial charge is 0.451 e. The van der Waals surface area contributed by atoms with Crippen molar-refractivity contribution in [3.63, 3.8) is 0 Å². The quantitative estimate of drug-likeness (QED) is 0.690. The first kappa shape index (κ1) is 19.9. The van der Waals surface area contributed by atoms with Crippen molar-refractivity contribution in [3.8, 4) is 0 Å². The fourth-order valence-electron chi connectivity index (χ4n) is 4.32. The van der Waals surface area contributed by atoms with Crippen LogP contribution >= 0.6 is 0 Å². The number of aromatic nitrogens is 3. The Hall–Kier alpha value is -2.36. The van der Waals surface area contributed by atoms with Gasteiger partial charge in [-0.05, 0) is 25.2 Å². The fraction of sp³-hybridized carbons (Fsp3) is 0.474. The zero-order valence-corrected chi connectivity index (χ0v) is 15.1. The van der Waals surface area contributed by atoms with Gasteiger partial charge in [0.05, 0.1) is 5.52 Å². The van der Waals surface area contributed by atoms with Crippen LogP contribution in [-0.4, -0.2) is 20.6 Å². The van der Waals surface area contributed by atoms with E-state index >= 15 is 0 Å². The SMILES string of the molecule is NC1CC(n2cc3cnc(C(F)(F)F)nc3c2)CC[C@@H]1C1CC(F)=C(F)C=C1F. The molecule has 0 saturated heterocycles. The third-order valence-corrected chi connectivity index (χ3v) is 5.80. The van der Waals surface area contributed by atoms with Gasteiger partial charge in [-0.1, -0.05) is 0 Å². The maximum absolute atomic E-state index is 14.2. The minimum absolute atomic E-state index is 0.113. The monoisotopic (exact) mass is 416 g/mol. The average Bonchev–Trinajstić information content (AvgIpc) is 3.07. The van der Waals surface area contributed by atoms with Gasteiger partial charge in [-0.3, -0.25) is 0 Å². The molecule has 29 heavy (non-hydrogen) atoms. The number of rotatable bonds is 2. The highest BCUT2D eigenvalue weighted by Crippen LogP contribution is 2.44. The van der Waals surface area contributed by atoms with Crippen LogP contribution in [0, 0.1) is 11.8 Å². The smallest absolute Gasteiger partial charge is 0.348 e. The van der Waals surface area contributed by atoms with Crippen LogP contribution in [0.4, 0.5) is 26.3 Å². The third kappa shape index (κ3) is 3.77. The molecule has 2 N–H and O–H groups in total. The van der Waals surface area contributed by atoms with E-state index in [0.717, 1.165) is 6.20 Å². The van der Waals surface area contributed by atoms with E-state index in [-0.39, 0.29) is 23.9 Å². The summed E-state index contributed by atoms with van der Waals surface area (Å²) >= 11 is 0. The van der Waals surface area contributed by atoms with Crippen LogP contribution < -0.4 is 5.73 Å². The van der Waals surface area contributed by atoms with Crippen LogP contribution in [-0.2, 0) is 6.18 Å². The number of nitrogens with zero attached hydrogens (tertiary/aromatic N) is 3. The molecule has 0 spiro atoms. The van der Waals surface area contributed by atoms with Crippen LogP contribution in [0.2, 0.25) is 0 Å². The maximum Gasteiger partial charge on any atom is 0.451 e. The molecule has 4 nitrogen and oxygen atoms in total. The second kappa shape index (κ2) is 7.16. The Labute approximate surface area is 162 Å². The van der Waals surface area contributed by atoms with Crippen LogP contribution in [0.15, 0.2) is 42.1 Å². The minimum atomic E-state index is -4.63. The van der Waals surface area contributed by atoms with Crippen molar-refractivity contribution < 1.29 is 26.3 Å². The summed E-state index contributed by atoms with van der Waals surface area (Å²) in [7, 11) is 0. The number of hydrogen-bond acceptors (Lipinski definition) is 3. The predicted molar refractivity (Wildman–Crippen MR) is 93.4 cm³/mol. The lowest BCUT2D eigenvalue weighted by molar-refractivity contribution is -0.144. The van der Waals surface area contributed by atoms with Gasteiger partial charge in [0.25, 0.3) is 0 Å². The van der Waals surface area contributed by atoms with E-state index in [9.17, 15) is 26.3 Å². The molecule has 2 heterocycles. The van der Waals surface area contributed by atoms with Gasteiger partial charge >= 0.3 is 6.18 Å². The number of nitrogens with two attached hydrogens (primary N) is 1. The molecule has 1 fully saturated rings. The van der Waals surface area contributed by atoms with E-state index in [1.54, 1.807) is 10.8 Å². The topological polar surface area (TPSA) is 56.7 Å². The molecule has 10 heteroatoms. The summed E-state index contributed by atoms with van der Waals surface area (Å²) < 4.78 is 81.2. The van der Waals surface area contributed by atoms with Gasteiger partial charge in [0, 0.05) is 54.5 Å². The molecule has 2 aliphatic rings. The Kier molecular flexibility index (Phi) is 4.92. The zero-order valence-electron chi connectivity index (χ0n) is 15.1. The molecule has 0 aromatic carbocycles. The van der Waals surface area contributed by atoms with Crippen molar-refractivity contribution in [1.82, 2.24) is 14.5 Å². The standard InChI is InChI=1S/C19H18F6N4/c20-13-5-15(22)14(21)4-12(13)11-2-1-10(3-16(11)26)29-7-9-6-27-18(19(23,24)25)28-17(9)8-29/h5-8,10-12,16H,1-4,26H2/t10?,11-,12?,16?/m1/s1. The summed E-state index contributed by atoms with van der Waals surface area (Å²) in [6, 6.07) is -0.577.